The van der Waals surface area contributed by atoms with Crippen LogP contribution in [-0.4, -0.2) is 70.3 Å². The molecule has 15 heteroatoms. The molecule has 1 unspecified atom stereocenters. The Balaban J connectivity index is 1.82. The van der Waals surface area contributed by atoms with Crippen LogP contribution in [-0.2, 0) is 22.5 Å². The molecule has 0 spiro atoms. The number of hydrogen-bond acceptors (Lipinski definition) is 7. The molecule has 4 rings (SSSR count). The van der Waals surface area contributed by atoms with Crippen LogP contribution in [0.3, 0.4) is 0 Å². The summed E-state index contributed by atoms with van der Waals surface area (Å²) in [5.74, 6) is -3.76. The van der Waals surface area contributed by atoms with Gasteiger partial charge in [0, 0.05) is 44.6 Å². The lowest BCUT2D eigenvalue weighted by Crippen LogP contribution is -2.62. The van der Waals surface area contributed by atoms with Crippen LogP contribution in [0.4, 0.5) is 8.78 Å². The zero-order chi connectivity index (χ0) is 31.3. The first-order chi connectivity index (χ1) is 20.4. The largest absolute Gasteiger partial charge is 0.482 e. The molecule has 0 bridgehead atoms. The molecule has 2 amide bonds. The van der Waals surface area contributed by atoms with E-state index >= 15 is 0 Å². The van der Waals surface area contributed by atoms with Gasteiger partial charge < -0.3 is 29.5 Å². The lowest BCUT2D eigenvalue weighted by Gasteiger charge is -2.45. The van der Waals surface area contributed by atoms with E-state index < -0.39 is 60.1 Å². The van der Waals surface area contributed by atoms with E-state index in [9.17, 15) is 37.5 Å². The predicted octanol–water partition coefficient (Wildman–Crippen LogP) is 2.20. The number of fused-ring (bicyclic) bond motifs is 1. The maximum Gasteiger partial charge on any atom is 0.327 e. The van der Waals surface area contributed by atoms with Crippen molar-refractivity contribution in [2.24, 2.45) is 0 Å². The molecule has 2 heterocycles. The second kappa shape index (κ2) is 13.5. The third-order valence-electron chi connectivity index (χ3n) is 6.75. The number of nitrogens with one attached hydrogen (secondary N) is 1. The van der Waals surface area contributed by atoms with Crippen LogP contribution >= 0.6 is 7.60 Å². The summed E-state index contributed by atoms with van der Waals surface area (Å²) < 4.78 is 51.9. The fourth-order valence-corrected chi connectivity index (χ4v) is 4.96. The Morgan fingerprint density at radius 2 is 1.84 bits per heavy atom. The number of likely N-dealkylation sites (N-methyl/N-ethyl adjacent to an activating group) is 1. The number of aromatic nitrogens is 1. The van der Waals surface area contributed by atoms with E-state index in [1.165, 1.54) is 21.6 Å². The number of halogens is 2. The molecular formula is C28H31F2N4O8P. The summed E-state index contributed by atoms with van der Waals surface area (Å²) in [7, 11) is -3.08. The highest BCUT2D eigenvalue weighted by Crippen LogP contribution is 2.35. The molecule has 1 aromatic heterocycles. The highest BCUT2D eigenvalue weighted by Gasteiger charge is 2.40. The summed E-state index contributed by atoms with van der Waals surface area (Å²) in [5.41, 5.74) is -1.05. The smallest absolute Gasteiger partial charge is 0.327 e. The Bertz CT molecular complexity index is 1600. The van der Waals surface area contributed by atoms with Gasteiger partial charge >= 0.3 is 7.60 Å². The highest BCUT2D eigenvalue weighted by atomic mass is 31.2. The van der Waals surface area contributed by atoms with Gasteiger partial charge in [-0.05, 0) is 18.6 Å². The van der Waals surface area contributed by atoms with Crippen molar-refractivity contribution in [1.82, 2.24) is 14.9 Å². The number of hydrogen-bond donors (Lipinski definition) is 3. The first-order valence-electron chi connectivity index (χ1n) is 13.3. The van der Waals surface area contributed by atoms with Crippen molar-refractivity contribution in [2.45, 2.75) is 26.2 Å². The average molecular weight is 621 g/mol. The number of benzene rings is 2. The first kappa shape index (κ1) is 31.8. The molecule has 3 N–H and O–H groups in total. The lowest BCUT2D eigenvalue weighted by atomic mass is 10.1. The van der Waals surface area contributed by atoms with Crippen molar-refractivity contribution in [3.8, 4) is 5.75 Å². The first-order valence-corrected chi connectivity index (χ1v) is 15.1. The number of carbonyl (C=O) groups excluding carboxylic acids is 2. The molecule has 1 aliphatic rings. The van der Waals surface area contributed by atoms with Gasteiger partial charge in [0.05, 0.1) is 12.8 Å². The molecule has 230 valence electrons. The van der Waals surface area contributed by atoms with E-state index in [0.717, 1.165) is 18.3 Å². The number of carbonyl (C=O) groups is 2. The summed E-state index contributed by atoms with van der Waals surface area (Å²) in [4.78, 5) is 61.2. The van der Waals surface area contributed by atoms with Crippen LogP contribution in [0.25, 0.3) is 0 Å². The molecule has 1 aliphatic heterocycles. The Kier molecular flexibility index (Phi) is 9.97. The van der Waals surface area contributed by atoms with Gasteiger partial charge in [0.1, 0.15) is 30.0 Å². The van der Waals surface area contributed by atoms with Gasteiger partial charge in [-0.15, -0.1) is 0 Å². The van der Waals surface area contributed by atoms with E-state index in [1.54, 1.807) is 37.3 Å². The number of pyridine rings is 1. The summed E-state index contributed by atoms with van der Waals surface area (Å²) in [6.45, 7) is 1.13. The van der Waals surface area contributed by atoms with Crippen molar-refractivity contribution in [1.29, 1.82) is 0 Å². The van der Waals surface area contributed by atoms with E-state index in [0.29, 0.717) is 11.6 Å². The monoisotopic (exact) mass is 620 g/mol. The predicted molar refractivity (Wildman–Crippen MR) is 151 cm³/mol. The molecule has 12 nitrogen and oxygen atoms in total. The zero-order valence-electron chi connectivity index (χ0n) is 23.4. The Labute approximate surface area is 245 Å². The van der Waals surface area contributed by atoms with Gasteiger partial charge in [-0.3, -0.25) is 28.6 Å². The van der Waals surface area contributed by atoms with Crippen molar-refractivity contribution in [3.05, 3.63) is 99.0 Å². The molecule has 0 aliphatic carbocycles. The van der Waals surface area contributed by atoms with Crippen LogP contribution in [0.5, 0.6) is 5.75 Å². The van der Waals surface area contributed by atoms with Crippen LogP contribution in [0.1, 0.15) is 38.9 Å². The quantitative estimate of drug-likeness (QED) is 0.259. The van der Waals surface area contributed by atoms with E-state index in [1.807, 2.05) is 0 Å². The summed E-state index contributed by atoms with van der Waals surface area (Å²) in [6.07, 6.45) is -0.415. The summed E-state index contributed by atoms with van der Waals surface area (Å²) in [5, 5.41) is 3.83. The zero-order valence-corrected chi connectivity index (χ0v) is 24.3. The van der Waals surface area contributed by atoms with Gasteiger partial charge in [-0.25, -0.2) is 8.78 Å². The second-order valence-corrected chi connectivity index (χ2v) is 11.5. The van der Waals surface area contributed by atoms with Crippen LogP contribution in [0.15, 0.2) is 59.5 Å². The van der Waals surface area contributed by atoms with Crippen LogP contribution < -0.4 is 20.5 Å². The summed E-state index contributed by atoms with van der Waals surface area (Å²) >= 11 is 0. The van der Waals surface area contributed by atoms with Crippen molar-refractivity contribution >= 4 is 19.4 Å². The SMILES string of the molecule is CCOCC1N(C)C(=O)c2c(OCc3ccccc3)c(=O)c(C(=O)NCc3ccc(F)cc3F)cn2N1CCP(=O)(O)O. The fourth-order valence-electron chi connectivity index (χ4n) is 4.49. The number of rotatable bonds is 12. The summed E-state index contributed by atoms with van der Waals surface area (Å²) in [6, 6.07) is 11.6. The molecular weight excluding hydrogens is 589 g/mol. The third-order valence-corrected chi connectivity index (χ3v) is 7.54. The van der Waals surface area contributed by atoms with Crippen molar-refractivity contribution in [3.63, 3.8) is 0 Å². The number of nitrogens with zero attached hydrogens (tertiary/aromatic N) is 3. The van der Waals surface area contributed by atoms with Crippen LogP contribution in [0.2, 0.25) is 0 Å². The molecule has 43 heavy (non-hydrogen) atoms. The van der Waals surface area contributed by atoms with Crippen molar-refractivity contribution in [2.75, 3.05) is 38.0 Å². The van der Waals surface area contributed by atoms with Gasteiger partial charge in [-0.2, -0.15) is 0 Å². The van der Waals surface area contributed by atoms with E-state index in [-0.39, 0.29) is 44.2 Å². The molecule has 0 saturated heterocycles. The Morgan fingerprint density at radius 3 is 2.49 bits per heavy atom. The van der Waals surface area contributed by atoms with E-state index in [4.69, 9.17) is 9.47 Å². The maximum absolute atomic E-state index is 14.2. The standard InChI is InChI=1S/C28H31F2N4O8P/c1-3-41-17-23-32(2)28(37)24-26(42-16-18-7-5-4-6-8-18)25(35)21(15-34(24)33(23)11-12-43(38,39)40)27(36)31-14-19-9-10-20(29)13-22(19)30/h4-10,13,15,23H,3,11-12,14,16-17H2,1-2H3,(H,31,36)(H2,38,39,40). The normalized spacial score (nSPS) is 14.9. The van der Waals surface area contributed by atoms with Crippen LogP contribution in [0, 0.1) is 11.6 Å². The minimum atomic E-state index is -4.52. The fraction of sp³-hybridized carbons (Fsp3) is 0.321. The number of ether oxygens (including phenoxy) is 2. The molecule has 1 atom stereocenters. The minimum absolute atomic E-state index is 0.0368. The lowest BCUT2D eigenvalue weighted by molar-refractivity contribution is 0.0377. The average Bonchev–Trinajstić information content (AvgIpc) is 2.96. The number of amides is 2. The highest BCUT2D eigenvalue weighted by molar-refractivity contribution is 7.51. The van der Waals surface area contributed by atoms with Crippen molar-refractivity contribution < 1.29 is 42.2 Å². The molecule has 2 aromatic carbocycles. The molecule has 0 fully saturated rings. The van der Waals surface area contributed by atoms with Gasteiger partial charge in [-0.1, -0.05) is 36.4 Å². The minimum Gasteiger partial charge on any atom is -0.482 e. The topological polar surface area (TPSA) is 151 Å². The molecule has 3 aromatic rings. The third kappa shape index (κ3) is 7.46. The Morgan fingerprint density at radius 1 is 1.12 bits per heavy atom. The molecule has 0 radical (unpaired) electrons. The second-order valence-electron chi connectivity index (χ2n) is 9.69. The van der Waals surface area contributed by atoms with Gasteiger partial charge in [0.25, 0.3) is 11.8 Å². The maximum atomic E-state index is 14.2. The van der Waals surface area contributed by atoms with Gasteiger partial charge in [0.15, 0.2) is 11.4 Å². The van der Waals surface area contributed by atoms with Gasteiger partial charge in [0.2, 0.25) is 5.43 Å². The Hall–Kier alpha value is -4.10. The van der Waals surface area contributed by atoms with E-state index in [2.05, 4.69) is 5.32 Å². The molecule has 0 saturated carbocycles.